The average Bonchev–Trinajstić information content (AvgIpc) is 2.73. The molecule has 0 amide bonds. The molecule has 2 heterocycles. The molecule has 2 rings (SSSR count). The van der Waals surface area contributed by atoms with Crippen LogP contribution in [0.2, 0.25) is 5.02 Å². The molecule has 1 fully saturated rings. The number of alkyl halides is 1. The second-order valence-corrected chi connectivity index (χ2v) is 6.04. The fourth-order valence-corrected chi connectivity index (χ4v) is 3.40. The number of thiophene rings is 1. The van der Waals surface area contributed by atoms with E-state index in [-0.39, 0.29) is 11.7 Å². The third kappa shape index (κ3) is 2.26. The van der Waals surface area contributed by atoms with Crippen LogP contribution in [-0.4, -0.2) is 10.0 Å². The van der Waals surface area contributed by atoms with E-state index in [9.17, 15) is 0 Å². The van der Waals surface area contributed by atoms with Crippen LogP contribution in [0.15, 0.2) is 11.4 Å². The molecule has 1 aliphatic heterocycles. The molecule has 1 aromatic rings. The predicted molar refractivity (Wildman–Crippen MR) is 69.7 cm³/mol. The van der Waals surface area contributed by atoms with Crippen molar-refractivity contribution in [3.63, 3.8) is 0 Å². The highest BCUT2D eigenvalue weighted by Gasteiger charge is 2.36. The number of rotatable bonds is 2. The van der Waals surface area contributed by atoms with E-state index >= 15 is 0 Å². The molecule has 0 saturated carbocycles. The van der Waals surface area contributed by atoms with Gasteiger partial charge in [-0.1, -0.05) is 34.2 Å². The Morgan fingerprint density at radius 3 is 3.07 bits per heavy atom. The summed E-state index contributed by atoms with van der Waals surface area (Å²) >= 11 is 9.99. The van der Waals surface area contributed by atoms with Crippen molar-refractivity contribution in [1.29, 1.82) is 0 Å². The largest absolute Gasteiger partial charge is 0.366 e. The third-order valence-corrected chi connectivity index (χ3v) is 5.54. The van der Waals surface area contributed by atoms with Crippen molar-refractivity contribution in [1.82, 2.24) is 0 Å². The lowest BCUT2D eigenvalue weighted by atomic mass is 10.1. The lowest BCUT2D eigenvalue weighted by molar-refractivity contribution is -0.00936. The van der Waals surface area contributed by atoms with Crippen molar-refractivity contribution >= 4 is 45.5 Å². The van der Waals surface area contributed by atoms with Gasteiger partial charge in [-0.3, -0.25) is 0 Å². The Morgan fingerprint density at radius 2 is 2.57 bits per heavy atom. The molecule has 0 radical (unpaired) electrons. The Morgan fingerprint density at radius 1 is 1.79 bits per heavy atom. The third-order valence-electron chi connectivity index (χ3n) is 2.55. The topological polar surface area (TPSA) is 9.23 Å². The molecule has 0 bridgehead atoms. The molecule has 78 valence electrons. The van der Waals surface area contributed by atoms with Gasteiger partial charge in [-0.05, 0) is 25.8 Å². The van der Waals surface area contributed by atoms with Crippen LogP contribution in [-0.2, 0) is 4.74 Å². The highest BCUT2D eigenvalue weighted by atomic mass is 127. The van der Waals surface area contributed by atoms with Crippen molar-refractivity contribution < 1.29 is 4.74 Å². The lowest BCUT2D eigenvalue weighted by Crippen LogP contribution is -2.24. The van der Waals surface area contributed by atoms with Crippen LogP contribution >= 0.6 is 45.5 Å². The molecule has 1 nitrogen and oxygen atoms in total. The molecular weight excluding hydrogens is 331 g/mol. The molecule has 4 heteroatoms. The average molecular weight is 343 g/mol. The Bertz CT molecular complexity index is 328. The second kappa shape index (κ2) is 4.28. The summed E-state index contributed by atoms with van der Waals surface area (Å²) in [5.74, 6) is 0. The highest BCUT2D eigenvalue weighted by Crippen LogP contribution is 2.42. The smallest absolute Gasteiger partial charge is 0.0926 e. The van der Waals surface area contributed by atoms with E-state index in [2.05, 4.69) is 29.5 Å². The van der Waals surface area contributed by atoms with Crippen molar-refractivity contribution in [2.75, 3.05) is 4.43 Å². The van der Waals surface area contributed by atoms with Crippen LogP contribution < -0.4 is 0 Å². The summed E-state index contributed by atoms with van der Waals surface area (Å²) in [7, 11) is 0. The van der Waals surface area contributed by atoms with Crippen LogP contribution in [0.25, 0.3) is 0 Å². The van der Waals surface area contributed by atoms with E-state index in [4.69, 9.17) is 16.3 Å². The molecule has 1 aliphatic rings. The molecule has 0 spiro atoms. The molecule has 0 aromatic carbocycles. The summed E-state index contributed by atoms with van der Waals surface area (Å²) in [6.45, 7) is 2.19. The Hall–Kier alpha value is 0.680. The molecule has 1 saturated heterocycles. The minimum absolute atomic E-state index is 0.0711. The molecule has 2 atom stereocenters. The normalized spacial score (nSPS) is 32.4. The van der Waals surface area contributed by atoms with Crippen molar-refractivity contribution in [2.24, 2.45) is 0 Å². The maximum atomic E-state index is 6.04. The Balaban J connectivity index is 2.09. The standard InChI is InChI=1S/C10H12ClIOS/c1-10(6-12)3-2-8(13-10)9-4-7(11)5-14-9/h4-5,8H,2-3,6H2,1H3. The fourth-order valence-electron chi connectivity index (χ4n) is 1.69. The van der Waals surface area contributed by atoms with Gasteiger partial charge in [-0.2, -0.15) is 0 Å². The zero-order valence-corrected chi connectivity index (χ0v) is 11.7. The van der Waals surface area contributed by atoms with E-state index in [0.29, 0.717) is 0 Å². The van der Waals surface area contributed by atoms with Crippen LogP contribution in [0.3, 0.4) is 0 Å². The lowest BCUT2D eigenvalue weighted by Gasteiger charge is -2.21. The van der Waals surface area contributed by atoms with Gasteiger partial charge in [0.1, 0.15) is 0 Å². The molecular formula is C10H12ClIOS. The number of hydrogen-bond acceptors (Lipinski definition) is 2. The fraction of sp³-hybridized carbons (Fsp3) is 0.600. The maximum Gasteiger partial charge on any atom is 0.0926 e. The van der Waals surface area contributed by atoms with Crippen molar-refractivity contribution in [3.8, 4) is 0 Å². The first-order chi connectivity index (χ1) is 6.63. The van der Waals surface area contributed by atoms with E-state index in [1.54, 1.807) is 11.3 Å². The van der Waals surface area contributed by atoms with Crippen LogP contribution in [0.1, 0.15) is 30.7 Å². The molecule has 2 unspecified atom stereocenters. The first kappa shape index (κ1) is 11.2. The summed E-state index contributed by atoms with van der Waals surface area (Å²) in [5.41, 5.74) is 0.0711. The molecule has 0 aliphatic carbocycles. The summed E-state index contributed by atoms with van der Waals surface area (Å²) in [6, 6.07) is 2.02. The Kier molecular flexibility index (Phi) is 3.41. The maximum absolute atomic E-state index is 6.04. The zero-order chi connectivity index (χ0) is 10.2. The van der Waals surface area contributed by atoms with Crippen molar-refractivity contribution in [3.05, 3.63) is 21.3 Å². The van der Waals surface area contributed by atoms with E-state index in [0.717, 1.165) is 22.3 Å². The molecule has 0 N–H and O–H groups in total. The Labute approximate surface area is 107 Å². The summed E-state index contributed by atoms with van der Waals surface area (Å²) in [5, 5.41) is 2.80. The van der Waals surface area contributed by atoms with Gasteiger partial charge in [0.2, 0.25) is 0 Å². The van der Waals surface area contributed by atoms with E-state index in [1.165, 1.54) is 4.88 Å². The van der Waals surface area contributed by atoms with Gasteiger partial charge in [0.15, 0.2) is 0 Å². The number of hydrogen-bond donors (Lipinski definition) is 0. The minimum Gasteiger partial charge on any atom is -0.366 e. The van der Waals surface area contributed by atoms with Crippen LogP contribution in [0.5, 0.6) is 0 Å². The summed E-state index contributed by atoms with van der Waals surface area (Å²) < 4.78 is 7.10. The van der Waals surface area contributed by atoms with Gasteiger partial charge < -0.3 is 4.74 Å². The van der Waals surface area contributed by atoms with Gasteiger partial charge >= 0.3 is 0 Å². The van der Waals surface area contributed by atoms with Crippen LogP contribution in [0.4, 0.5) is 0 Å². The van der Waals surface area contributed by atoms with Gasteiger partial charge in [0.05, 0.1) is 16.7 Å². The number of ether oxygens (including phenoxy) is 1. The van der Waals surface area contributed by atoms with Gasteiger partial charge in [-0.15, -0.1) is 11.3 Å². The monoisotopic (exact) mass is 342 g/mol. The SMILES string of the molecule is CC1(CI)CCC(c2cc(Cl)cs2)O1. The minimum atomic E-state index is 0.0711. The first-order valence-electron chi connectivity index (χ1n) is 4.61. The highest BCUT2D eigenvalue weighted by molar-refractivity contribution is 14.1. The molecule has 1 aromatic heterocycles. The van der Waals surface area contributed by atoms with Crippen LogP contribution in [0, 0.1) is 0 Å². The second-order valence-electron chi connectivity index (χ2n) is 3.90. The van der Waals surface area contributed by atoms with E-state index in [1.807, 2.05) is 11.4 Å². The first-order valence-corrected chi connectivity index (χ1v) is 7.39. The van der Waals surface area contributed by atoms with Gasteiger partial charge in [-0.25, -0.2) is 0 Å². The van der Waals surface area contributed by atoms with Gasteiger partial charge in [0.25, 0.3) is 0 Å². The van der Waals surface area contributed by atoms with E-state index < -0.39 is 0 Å². The quantitative estimate of drug-likeness (QED) is 0.570. The molecule has 14 heavy (non-hydrogen) atoms. The zero-order valence-electron chi connectivity index (χ0n) is 7.93. The summed E-state index contributed by atoms with van der Waals surface area (Å²) in [4.78, 5) is 1.27. The predicted octanol–water partition coefficient (Wildman–Crippen LogP) is 4.45. The number of halogens is 2. The van der Waals surface area contributed by atoms with Crippen molar-refractivity contribution in [2.45, 2.75) is 31.5 Å². The van der Waals surface area contributed by atoms with Gasteiger partial charge in [0, 0.05) is 14.7 Å². The summed E-state index contributed by atoms with van der Waals surface area (Å²) in [6.07, 6.45) is 2.54.